The summed E-state index contributed by atoms with van der Waals surface area (Å²) >= 11 is 0. The van der Waals surface area contributed by atoms with Gasteiger partial charge in [0.25, 0.3) is 0 Å². The minimum Gasteiger partial charge on any atom is -0.354 e. The molecule has 0 saturated heterocycles. The van der Waals surface area contributed by atoms with Gasteiger partial charge < -0.3 is 4.90 Å². The number of fused-ring (bicyclic) bond motifs is 1. The van der Waals surface area contributed by atoms with Crippen LogP contribution in [0.4, 0.5) is 5.69 Å². The Morgan fingerprint density at radius 3 is 2.33 bits per heavy atom. The second-order valence-electron chi connectivity index (χ2n) is 7.41. The third-order valence-electron chi connectivity index (χ3n) is 5.20. The number of rotatable bonds is 10. The van der Waals surface area contributed by atoms with E-state index in [1.807, 2.05) is 12.3 Å². The van der Waals surface area contributed by atoms with Crippen LogP contribution in [0.25, 0.3) is 5.57 Å². The van der Waals surface area contributed by atoms with Crippen LogP contribution in [0.2, 0.25) is 0 Å². The Morgan fingerprint density at radius 2 is 1.56 bits per heavy atom. The highest BCUT2D eigenvalue weighted by Crippen LogP contribution is 2.30. The summed E-state index contributed by atoms with van der Waals surface area (Å²) in [6, 6.07) is 8.29. The van der Waals surface area contributed by atoms with E-state index in [4.69, 9.17) is 0 Å². The van der Waals surface area contributed by atoms with Gasteiger partial charge in [-0.2, -0.15) is 0 Å². The highest BCUT2D eigenvalue weighted by atomic mass is 15.1. The summed E-state index contributed by atoms with van der Waals surface area (Å²) in [4.78, 5) is 6.76. The summed E-state index contributed by atoms with van der Waals surface area (Å²) in [7, 11) is 0. The third kappa shape index (κ3) is 6.09. The Labute approximate surface area is 164 Å². The zero-order valence-electron chi connectivity index (χ0n) is 16.6. The van der Waals surface area contributed by atoms with Crippen molar-refractivity contribution in [2.45, 2.75) is 58.3 Å². The molecule has 2 heteroatoms. The number of nitrogens with zero attached hydrogens (tertiary/aromatic N) is 2. The molecule has 0 aliphatic carbocycles. The van der Waals surface area contributed by atoms with Gasteiger partial charge in [-0.25, -0.2) is 0 Å². The van der Waals surface area contributed by atoms with Gasteiger partial charge >= 0.3 is 0 Å². The number of unbranched alkanes of at least 4 members (excludes halogenated alkanes) is 7. The topological polar surface area (TPSA) is 15.6 Å². The molecule has 0 atom stereocenters. The summed E-state index contributed by atoms with van der Waals surface area (Å²) in [5.74, 6) is 0. The Balaban J connectivity index is 1.38. The van der Waals surface area contributed by atoms with Gasteiger partial charge in [0.1, 0.15) is 0 Å². The Morgan fingerprint density at radius 1 is 0.852 bits per heavy atom. The van der Waals surface area contributed by atoms with E-state index in [0.717, 1.165) is 12.2 Å². The molecule has 0 bridgehead atoms. The second kappa shape index (κ2) is 10.7. The van der Waals surface area contributed by atoms with Crippen LogP contribution >= 0.6 is 0 Å². The minimum absolute atomic E-state index is 1.06. The van der Waals surface area contributed by atoms with Crippen molar-refractivity contribution < 1.29 is 0 Å². The number of hydrogen-bond acceptors (Lipinski definition) is 2. The van der Waals surface area contributed by atoms with Crippen LogP contribution in [0, 0.1) is 0 Å². The van der Waals surface area contributed by atoms with E-state index in [0.29, 0.717) is 0 Å². The smallest absolute Gasteiger partial charge is 0.0708 e. The van der Waals surface area contributed by atoms with Crippen molar-refractivity contribution in [1.29, 1.82) is 0 Å². The van der Waals surface area contributed by atoms with Gasteiger partial charge in [0.05, 0.1) is 5.69 Å². The van der Waals surface area contributed by atoms with E-state index in [1.165, 1.54) is 68.1 Å². The van der Waals surface area contributed by atoms with E-state index in [2.05, 4.69) is 71.7 Å². The normalized spacial score (nSPS) is 16.4. The van der Waals surface area contributed by atoms with Crippen molar-refractivity contribution in [3.8, 4) is 0 Å². The van der Waals surface area contributed by atoms with Crippen LogP contribution in [-0.2, 0) is 0 Å². The molecule has 0 amide bonds. The molecule has 1 aromatic rings. The number of aliphatic imine (C=N–C) groups is 1. The molecule has 3 rings (SSSR count). The van der Waals surface area contributed by atoms with Gasteiger partial charge in [0, 0.05) is 36.3 Å². The first-order valence-electron chi connectivity index (χ1n) is 10.5. The lowest BCUT2D eigenvalue weighted by Crippen LogP contribution is -2.13. The fraction of sp³-hybridized carbons (Fsp3) is 0.400. The number of benzene rings is 1. The summed E-state index contributed by atoms with van der Waals surface area (Å²) < 4.78 is 0. The summed E-state index contributed by atoms with van der Waals surface area (Å²) in [6.07, 6.45) is 26.0. The standard InChI is InChI=1S/C25H32N2/c1-2-3-4-5-6-7-8-11-18-27-19-16-22(17-20-27)14-15-23-21-26-25-13-10-9-12-24(23)25/h9-10,12-17,19-21H,2-8,11,18H2,1H3/b23-15+. The van der Waals surface area contributed by atoms with Gasteiger partial charge in [0.2, 0.25) is 0 Å². The number of hydrogen-bond donors (Lipinski definition) is 0. The fourth-order valence-corrected chi connectivity index (χ4v) is 3.52. The molecule has 2 aliphatic heterocycles. The molecule has 0 saturated carbocycles. The van der Waals surface area contributed by atoms with E-state index in [-0.39, 0.29) is 0 Å². The van der Waals surface area contributed by atoms with Gasteiger partial charge in [0.15, 0.2) is 0 Å². The molecule has 2 aliphatic rings. The van der Waals surface area contributed by atoms with E-state index >= 15 is 0 Å². The van der Waals surface area contributed by atoms with Crippen molar-refractivity contribution in [3.05, 3.63) is 72.1 Å². The van der Waals surface area contributed by atoms with Crippen molar-refractivity contribution in [2.24, 2.45) is 4.99 Å². The number of allylic oxidation sites excluding steroid dienone is 6. The molecule has 142 valence electrons. The zero-order chi connectivity index (χ0) is 18.7. The summed E-state index contributed by atoms with van der Waals surface area (Å²) in [6.45, 7) is 3.40. The molecule has 1 aromatic carbocycles. The molecule has 0 aromatic heterocycles. The Kier molecular flexibility index (Phi) is 7.70. The molecular weight excluding hydrogens is 328 g/mol. The van der Waals surface area contributed by atoms with E-state index in [9.17, 15) is 0 Å². The molecule has 2 heterocycles. The maximum Gasteiger partial charge on any atom is 0.0708 e. The van der Waals surface area contributed by atoms with Crippen LogP contribution in [-0.4, -0.2) is 17.7 Å². The Hall–Kier alpha value is -2.35. The Bertz CT molecular complexity index is 733. The summed E-state index contributed by atoms with van der Waals surface area (Å²) in [5, 5.41) is 0. The second-order valence-corrected chi connectivity index (χ2v) is 7.41. The minimum atomic E-state index is 1.06. The molecule has 2 nitrogen and oxygen atoms in total. The zero-order valence-corrected chi connectivity index (χ0v) is 16.6. The van der Waals surface area contributed by atoms with Gasteiger partial charge in [-0.15, -0.1) is 0 Å². The maximum atomic E-state index is 4.46. The maximum absolute atomic E-state index is 4.46. The van der Waals surface area contributed by atoms with Crippen LogP contribution < -0.4 is 0 Å². The highest BCUT2D eigenvalue weighted by molar-refractivity contribution is 6.16. The van der Waals surface area contributed by atoms with Crippen LogP contribution in [0.5, 0.6) is 0 Å². The van der Waals surface area contributed by atoms with Crippen molar-refractivity contribution in [1.82, 2.24) is 4.90 Å². The molecule has 0 fully saturated rings. The first kappa shape index (κ1) is 19.4. The first-order valence-corrected chi connectivity index (χ1v) is 10.5. The molecular formula is C25H32N2. The van der Waals surface area contributed by atoms with Crippen molar-refractivity contribution >= 4 is 17.5 Å². The van der Waals surface area contributed by atoms with Crippen molar-refractivity contribution in [3.63, 3.8) is 0 Å². The van der Waals surface area contributed by atoms with E-state index in [1.54, 1.807) is 0 Å². The van der Waals surface area contributed by atoms with Crippen LogP contribution in [0.3, 0.4) is 0 Å². The lowest BCUT2D eigenvalue weighted by atomic mass is 10.1. The predicted molar refractivity (Wildman–Crippen MR) is 118 cm³/mol. The number of para-hydroxylation sites is 1. The molecule has 0 radical (unpaired) electrons. The van der Waals surface area contributed by atoms with Gasteiger partial charge in [-0.1, -0.05) is 82.2 Å². The average Bonchev–Trinajstić information content (AvgIpc) is 3.12. The SMILES string of the molecule is CCCCCCCCCCN1C=CC(=C/C=C2\C=Nc3ccccc32)C=C1. The molecule has 0 spiro atoms. The van der Waals surface area contributed by atoms with Crippen LogP contribution in [0.1, 0.15) is 63.9 Å². The molecule has 0 N–H and O–H groups in total. The third-order valence-corrected chi connectivity index (χ3v) is 5.20. The predicted octanol–water partition coefficient (Wildman–Crippen LogP) is 7.20. The largest absolute Gasteiger partial charge is 0.354 e. The molecule has 27 heavy (non-hydrogen) atoms. The monoisotopic (exact) mass is 360 g/mol. The van der Waals surface area contributed by atoms with Crippen molar-refractivity contribution in [2.75, 3.05) is 6.54 Å². The first-order chi connectivity index (χ1) is 13.4. The van der Waals surface area contributed by atoms with E-state index < -0.39 is 0 Å². The fourth-order valence-electron chi connectivity index (χ4n) is 3.52. The quantitative estimate of drug-likeness (QED) is 0.403. The van der Waals surface area contributed by atoms with Gasteiger partial charge in [-0.05, 0) is 30.2 Å². The lowest BCUT2D eigenvalue weighted by Gasteiger charge is -2.18. The van der Waals surface area contributed by atoms with Crippen LogP contribution in [0.15, 0.2) is 71.5 Å². The summed E-state index contributed by atoms with van der Waals surface area (Å²) in [5.41, 5.74) is 4.69. The highest BCUT2D eigenvalue weighted by Gasteiger charge is 2.09. The average molecular weight is 361 g/mol. The molecule has 0 unspecified atom stereocenters. The lowest BCUT2D eigenvalue weighted by molar-refractivity contribution is 0.462. The van der Waals surface area contributed by atoms with Gasteiger partial charge in [-0.3, -0.25) is 4.99 Å².